The number of amides is 1. The zero-order chi connectivity index (χ0) is 25.8. The molecule has 0 radical (unpaired) electrons. The number of ether oxygens (including phenoxy) is 2. The van der Waals surface area contributed by atoms with Gasteiger partial charge in [-0.15, -0.1) is 0 Å². The summed E-state index contributed by atoms with van der Waals surface area (Å²) in [5, 5.41) is 11.9. The van der Waals surface area contributed by atoms with Gasteiger partial charge in [-0.3, -0.25) is 19.6 Å². The van der Waals surface area contributed by atoms with E-state index in [1.807, 2.05) is 18.2 Å². The molecule has 10 heteroatoms. The van der Waals surface area contributed by atoms with Crippen LogP contribution in [0.25, 0.3) is 10.9 Å². The van der Waals surface area contributed by atoms with Crippen LogP contribution in [0.5, 0.6) is 0 Å². The second-order valence-corrected chi connectivity index (χ2v) is 10.1. The van der Waals surface area contributed by atoms with Crippen LogP contribution in [0.3, 0.4) is 0 Å². The molecule has 2 fully saturated rings. The molecule has 3 heterocycles. The molecule has 2 aliphatic rings. The number of hydrogen-bond acceptors (Lipinski definition) is 7. The number of nitrogens with zero attached hydrogens (tertiary/aromatic N) is 3. The normalized spacial score (nSPS) is 17.1. The highest BCUT2D eigenvalue weighted by atomic mass is 35.5. The monoisotopic (exact) mass is 525 g/mol. The molecule has 5 rings (SSSR count). The second kappa shape index (κ2) is 11.6. The number of nitrogens with one attached hydrogen (secondary N) is 2. The van der Waals surface area contributed by atoms with Crippen LogP contribution < -0.4 is 10.7 Å². The van der Waals surface area contributed by atoms with E-state index in [1.165, 1.54) is 4.90 Å². The van der Waals surface area contributed by atoms with E-state index in [4.69, 9.17) is 21.1 Å². The number of aromatic amines is 1. The highest BCUT2D eigenvalue weighted by Gasteiger charge is 2.23. The van der Waals surface area contributed by atoms with E-state index in [-0.39, 0.29) is 17.2 Å². The molecule has 3 aromatic rings. The van der Waals surface area contributed by atoms with Gasteiger partial charge in [0.1, 0.15) is 0 Å². The molecule has 0 bridgehead atoms. The minimum absolute atomic E-state index is 0.121. The Balaban J connectivity index is 1.47. The van der Waals surface area contributed by atoms with Crippen molar-refractivity contribution in [3.63, 3.8) is 0 Å². The van der Waals surface area contributed by atoms with Gasteiger partial charge >= 0.3 is 0 Å². The van der Waals surface area contributed by atoms with Gasteiger partial charge in [0.25, 0.3) is 5.91 Å². The van der Waals surface area contributed by atoms with E-state index in [2.05, 4.69) is 26.5 Å². The Kier molecular flexibility index (Phi) is 8.05. The van der Waals surface area contributed by atoms with Crippen molar-refractivity contribution in [1.29, 1.82) is 0 Å². The average Bonchev–Trinajstić information content (AvgIpc) is 2.91. The fraction of sp³-hybridized carbons (Fsp3) is 0.444. The van der Waals surface area contributed by atoms with Gasteiger partial charge < -0.3 is 19.7 Å². The van der Waals surface area contributed by atoms with Gasteiger partial charge in [-0.25, -0.2) is 0 Å². The third kappa shape index (κ3) is 6.13. The van der Waals surface area contributed by atoms with Gasteiger partial charge in [0, 0.05) is 57.5 Å². The van der Waals surface area contributed by atoms with Crippen molar-refractivity contribution >= 4 is 34.1 Å². The van der Waals surface area contributed by atoms with E-state index < -0.39 is 5.91 Å². The van der Waals surface area contributed by atoms with Crippen LogP contribution in [0, 0.1) is 0 Å². The zero-order valence-electron chi connectivity index (χ0n) is 21.0. The maximum absolute atomic E-state index is 13.6. The van der Waals surface area contributed by atoms with Crippen LogP contribution >= 0.6 is 11.6 Å². The average molecular weight is 526 g/mol. The highest BCUT2D eigenvalue weighted by molar-refractivity contribution is 6.30. The SMILES string of the molecule is CN(Cc1ccc(Cl)cc1)C(=O)c1n[nH]c2c(NC3CCOCC3)cc(CN3CCOCC3)cc2c1=O. The Morgan fingerprint density at radius 3 is 2.54 bits per heavy atom. The smallest absolute Gasteiger partial charge is 0.278 e. The molecule has 0 unspecified atom stereocenters. The van der Waals surface area contributed by atoms with Crippen molar-refractivity contribution < 1.29 is 14.3 Å². The number of hydrogen-bond donors (Lipinski definition) is 2. The largest absolute Gasteiger partial charge is 0.381 e. The van der Waals surface area contributed by atoms with Gasteiger partial charge in [-0.05, 0) is 48.2 Å². The lowest BCUT2D eigenvalue weighted by Gasteiger charge is -2.28. The molecule has 196 valence electrons. The molecule has 0 saturated carbocycles. The Morgan fingerprint density at radius 2 is 1.81 bits per heavy atom. The van der Waals surface area contributed by atoms with Crippen LogP contribution in [0.4, 0.5) is 5.69 Å². The first-order valence-corrected chi connectivity index (χ1v) is 13.1. The van der Waals surface area contributed by atoms with E-state index in [0.29, 0.717) is 55.4 Å². The molecule has 0 spiro atoms. The second-order valence-electron chi connectivity index (χ2n) is 9.67. The van der Waals surface area contributed by atoms with Gasteiger partial charge in [0.15, 0.2) is 5.69 Å². The molecule has 0 aliphatic carbocycles. The zero-order valence-corrected chi connectivity index (χ0v) is 21.7. The summed E-state index contributed by atoms with van der Waals surface area (Å²) in [4.78, 5) is 30.7. The minimum atomic E-state index is -0.435. The summed E-state index contributed by atoms with van der Waals surface area (Å²) in [6.45, 7) is 5.52. The molecular formula is C27H32ClN5O4. The van der Waals surface area contributed by atoms with Crippen LogP contribution in [-0.4, -0.2) is 78.5 Å². The summed E-state index contributed by atoms with van der Waals surface area (Å²) >= 11 is 5.97. The van der Waals surface area contributed by atoms with Gasteiger partial charge in [-0.1, -0.05) is 23.7 Å². The van der Waals surface area contributed by atoms with Crippen molar-refractivity contribution in [3.8, 4) is 0 Å². The fourth-order valence-electron chi connectivity index (χ4n) is 4.84. The number of carbonyl (C=O) groups excluding carboxylic acids is 1. The number of benzene rings is 2. The summed E-state index contributed by atoms with van der Waals surface area (Å²) in [7, 11) is 1.66. The Hall–Kier alpha value is -2.98. The number of fused-ring (bicyclic) bond motifs is 1. The van der Waals surface area contributed by atoms with E-state index >= 15 is 0 Å². The molecule has 2 saturated heterocycles. The molecule has 0 atom stereocenters. The summed E-state index contributed by atoms with van der Waals surface area (Å²) in [6, 6.07) is 11.5. The number of H-pyrrole nitrogens is 1. The number of rotatable bonds is 7. The Labute approximate surface area is 220 Å². The lowest BCUT2D eigenvalue weighted by Crippen LogP contribution is -2.36. The van der Waals surface area contributed by atoms with Crippen molar-refractivity contribution in [2.45, 2.75) is 32.0 Å². The Bertz CT molecular complexity index is 1300. The molecule has 2 N–H and O–H groups in total. The van der Waals surface area contributed by atoms with Gasteiger partial charge in [0.05, 0.1) is 29.8 Å². The van der Waals surface area contributed by atoms with Crippen molar-refractivity contribution in [1.82, 2.24) is 20.0 Å². The molecule has 2 aromatic carbocycles. The number of morpholine rings is 1. The fourth-order valence-corrected chi connectivity index (χ4v) is 4.96. The lowest BCUT2D eigenvalue weighted by molar-refractivity contribution is 0.0342. The number of aromatic nitrogens is 2. The number of halogens is 1. The van der Waals surface area contributed by atoms with E-state index in [9.17, 15) is 9.59 Å². The lowest BCUT2D eigenvalue weighted by atomic mass is 10.0. The minimum Gasteiger partial charge on any atom is -0.381 e. The summed E-state index contributed by atoms with van der Waals surface area (Å²) in [5.41, 5.74) is 2.86. The predicted octanol–water partition coefficient (Wildman–Crippen LogP) is 3.27. The molecular weight excluding hydrogens is 494 g/mol. The van der Waals surface area contributed by atoms with Gasteiger partial charge in [0.2, 0.25) is 5.43 Å². The first-order chi connectivity index (χ1) is 18.0. The van der Waals surface area contributed by atoms with Crippen molar-refractivity contribution in [2.75, 3.05) is 51.9 Å². The maximum atomic E-state index is 13.6. The first kappa shape index (κ1) is 25.7. The van der Waals surface area contributed by atoms with Crippen LogP contribution in [-0.2, 0) is 22.6 Å². The third-order valence-corrected chi connectivity index (χ3v) is 7.16. The topological polar surface area (TPSA) is 99.8 Å². The van der Waals surface area contributed by atoms with Crippen LogP contribution in [0.2, 0.25) is 5.02 Å². The van der Waals surface area contributed by atoms with Crippen molar-refractivity contribution in [3.05, 3.63) is 68.5 Å². The maximum Gasteiger partial charge on any atom is 0.278 e. The van der Waals surface area contributed by atoms with E-state index in [0.717, 1.165) is 42.7 Å². The molecule has 1 aromatic heterocycles. The van der Waals surface area contributed by atoms with E-state index in [1.54, 1.807) is 19.2 Å². The molecule has 37 heavy (non-hydrogen) atoms. The quantitative estimate of drug-likeness (QED) is 0.488. The van der Waals surface area contributed by atoms with Crippen LogP contribution in [0.15, 0.2) is 41.2 Å². The summed E-state index contributed by atoms with van der Waals surface area (Å²) in [5.74, 6) is -0.435. The van der Waals surface area contributed by atoms with Crippen molar-refractivity contribution in [2.24, 2.45) is 0 Å². The van der Waals surface area contributed by atoms with Crippen LogP contribution in [0.1, 0.15) is 34.5 Å². The first-order valence-electron chi connectivity index (χ1n) is 12.7. The predicted molar refractivity (Wildman–Crippen MR) is 143 cm³/mol. The molecule has 2 aliphatic heterocycles. The summed E-state index contributed by atoms with van der Waals surface area (Å²) in [6.07, 6.45) is 1.78. The standard InChI is InChI=1S/C27H32ClN5O4/c1-32(16-18-2-4-20(28)5-3-18)27(35)25-26(34)22-14-19(17-33-8-12-37-13-9-33)15-23(24(22)30-31-25)29-21-6-10-36-11-7-21/h2-5,14-15,21,29H,6-13,16-17H2,1H3,(H,30,34). The Morgan fingerprint density at radius 1 is 1.11 bits per heavy atom. The third-order valence-electron chi connectivity index (χ3n) is 6.91. The molecule has 9 nitrogen and oxygen atoms in total. The summed E-state index contributed by atoms with van der Waals surface area (Å²) < 4.78 is 11.0. The number of anilines is 1. The number of carbonyl (C=O) groups is 1. The van der Waals surface area contributed by atoms with Gasteiger partial charge in [-0.2, -0.15) is 5.10 Å². The highest BCUT2D eigenvalue weighted by Crippen LogP contribution is 2.26. The molecule has 1 amide bonds.